The molecule has 0 fully saturated rings. The van der Waals surface area contributed by atoms with E-state index >= 15 is 0 Å². The summed E-state index contributed by atoms with van der Waals surface area (Å²) in [5, 5.41) is 10.4. The van der Waals surface area contributed by atoms with Gasteiger partial charge in [0, 0.05) is 13.7 Å². The molecule has 0 aliphatic carbocycles. The number of hydrogen-bond donors (Lipinski definition) is 1. The Morgan fingerprint density at radius 2 is 1.83 bits per heavy atom. The van der Waals surface area contributed by atoms with Gasteiger partial charge in [-0.25, -0.2) is 0 Å². The lowest BCUT2D eigenvalue weighted by Gasteiger charge is -2.36. The van der Waals surface area contributed by atoms with Crippen LogP contribution in [0.3, 0.4) is 0 Å². The van der Waals surface area contributed by atoms with Gasteiger partial charge in [-0.1, -0.05) is 26.8 Å². The molecule has 0 spiro atoms. The Kier molecular flexibility index (Phi) is 11.2. The molecule has 0 radical (unpaired) electrons. The first-order chi connectivity index (χ1) is 10.7. The number of aliphatic hydroxyl groups is 1. The highest BCUT2D eigenvalue weighted by Gasteiger charge is 2.36. The van der Waals surface area contributed by atoms with Crippen LogP contribution >= 0.6 is 0 Å². The predicted octanol–water partition coefficient (Wildman–Crippen LogP) is 3.34. The first-order valence-corrected chi connectivity index (χ1v) is 11.2. The molecule has 0 saturated heterocycles. The summed E-state index contributed by atoms with van der Waals surface area (Å²) in [5.74, 6) is 0. The van der Waals surface area contributed by atoms with Crippen LogP contribution in [0.1, 0.15) is 33.6 Å². The van der Waals surface area contributed by atoms with Gasteiger partial charge in [-0.05, 0) is 31.0 Å². The second-order valence-corrected chi connectivity index (χ2v) is 12.0. The molecule has 0 amide bonds. The average Bonchev–Trinajstić information content (AvgIpc) is 2.46. The molecule has 138 valence electrons. The molecule has 0 aromatic rings. The summed E-state index contributed by atoms with van der Waals surface area (Å²) in [5.41, 5.74) is 0. The maximum absolute atomic E-state index is 10.2. The van der Waals surface area contributed by atoms with Gasteiger partial charge < -0.3 is 23.7 Å². The van der Waals surface area contributed by atoms with Gasteiger partial charge in [0.25, 0.3) is 0 Å². The maximum atomic E-state index is 10.2. The van der Waals surface area contributed by atoms with Crippen molar-refractivity contribution in [3.05, 3.63) is 12.7 Å². The normalized spacial score (nSPS) is 15.4. The van der Waals surface area contributed by atoms with E-state index in [9.17, 15) is 5.11 Å². The number of aliphatic hydroxyl groups excluding tert-OH is 1. The number of hydrogen-bond acceptors (Lipinski definition) is 5. The third-order valence-electron chi connectivity index (χ3n) is 4.30. The maximum Gasteiger partial charge on any atom is 0.191 e. The molecular formula is C17H36O5Si. The molecule has 0 aromatic heterocycles. The molecule has 6 heteroatoms. The van der Waals surface area contributed by atoms with Crippen LogP contribution in [-0.4, -0.2) is 59.4 Å². The topological polar surface area (TPSA) is 57.2 Å². The van der Waals surface area contributed by atoms with Crippen LogP contribution in [0.4, 0.5) is 0 Å². The largest absolute Gasteiger partial charge is 0.417 e. The summed E-state index contributed by atoms with van der Waals surface area (Å²) in [6, 6.07) is 0. The van der Waals surface area contributed by atoms with E-state index in [1.807, 2.05) is 0 Å². The van der Waals surface area contributed by atoms with Gasteiger partial charge >= 0.3 is 0 Å². The highest BCUT2D eigenvalue weighted by Crippen LogP contribution is 2.36. The molecule has 0 unspecified atom stereocenters. The zero-order valence-electron chi connectivity index (χ0n) is 15.8. The van der Waals surface area contributed by atoms with Crippen molar-refractivity contribution in [2.24, 2.45) is 0 Å². The van der Waals surface area contributed by atoms with E-state index in [0.717, 1.165) is 6.42 Å². The minimum Gasteiger partial charge on any atom is -0.417 e. The lowest BCUT2D eigenvalue weighted by molar-refractivity contribution is -0.114. The monoisotopic (exact) mass is 348 g/mol. The van der Waals surface area contributed by atoms with Crippen molar-refractivity contribution in [2.45, 2.75) is 64.0 Å². The molecule has 0 rings (SSSR count). The molecule has 5 nitrogen and oxygen atoms in total. The van der Waals surface area contributed by atoms with E-state index in [1.54, 1.807) is 13.2 Å². The standard InChI is InChI=1S/C17H36O5Si/c1-8-16(21-14-20-13-12-19-5)15(18)10-9-11-22-23(6,7)17(2,3)4/h8,15-16,18H,1,9-14H2,2-7H3/t15-,16-/m0/s1. The highest BCUT2D eigenvalue weighted by molar-refractivity contribution is 6.74. The Hall–Kier alpha value is -0.243. The second-order valence-electron chi connectivity index (χ2n) is 7.20. The van der Waals surface area contributed by atoms with Gasteiger partial charge in [0.2, 0.25) is 0 Å². The zero-order chi connectivity index (χ0) is 17.9. The van der Waals surface area contributed by atoms with Crippen molar-refractivity contribution >= 4 is 8.32 Å². The molecule has 0 bridgehead atoms. The fourth-order valence-corrected chi connectivity index (χ4v) is 2.75. The molecule has 23 heavy (non-hydrogen) atoms. The summed E-state index contributed by atoms with van der Waals surface area (Å²) < 4.78 is 21.7. The van der Waals surface area contributed by atoms with E-state index in [-0.39, 0.29) is 11.8 Å². The molecule has 0 saturated carbocycles. The second kappa shape index (κ2) is 11.3. The van der Waals surface area contributed by atoms with Crippen LogP contribution in [0.25, 0.3) is 0 Å². The van der Waals surface area contributed by atoms with Gasteiger partial charge in [0.15, 0.2) is 8.32 Å². The zero-order valence-corrected chi connectivity index (χ0v) is 16.8. The minimum atomic E-state index is -1.71. The van der Waals surface area contributed by atoms with Crippen molar-refractivity contribution in [3.8, 4) is 0 Å². The number of ether oxygens (including phenoxy) is 3. The Balaban J connectivity index is 3.97. The third kappa shape index (κ3) is 9.59. The fourth-order valence-electron chi connectivity index (χ4n) is 1.66. The Morgan fingerprint density at radius 1 is 1.17 bits per heavy atom. The van der Waals surface area contributed by atoms with E-state index < -0.39 is 20.5 Å². The first kappa shape index (κ1) is 22.8. The molecule has 2 atom stereocenters. The summed E-state index contributed by atoms with van der Waals surface area (Å²) >= 11 is 0. The fraction of sp³-hybridized carbons (Fsp3) is 0.882. The van der Waals surface area contributed by atoms with Crippen LogP contribution in [0.2, 0.25) is 18.1 Å². The smallest absolute Gasteiger partial charge is 0.191 e. The third-order valence-corrected chi connectivity index (χ3v) is 8.84. The predicted molar refractivity (Wildman–Crippen MR) is 96.2 cm³/mol. The van der Waals surface area contributed by atoms with E-state index in [2.05, 4.69) is 40.4 Å². The van der Waals surface area contributed by atoms with Gasteiger partial charge in [-0.2, -0.15) is 0 Å². The lowest BCUT2D eigenvalue weighted by Crippen LogP contribution is -2.41. The quantitative estimate of drug-likeness (QED) is 0.239. The first-order valence-electron chi connectivity index (χ1n) is 8.28. The SMILES string of the molecule is C=C[C@H](OCOCCOC)[C@@H](O)CCCO[Si](C)(C)C(C)(C)C. The molecule has 0 aliphatic rings. The molecule has 0 aromatic carbocycles. The summed E-state index contributed by atoms with van der Waals surface area (Å²) in [6.45, 7) is 16.6. The van der Waals surface area contributed by atoms with Crippen LogP contribution in [0.15, 0.2) is 12.7 Å². The van der Waals surface area contributed by atoms with Crippen LogP contribution in [0.5, 0.6) is 0 Å². The molecular weight excluding hydrogens is 312 g/mol. The Labute approximate surface area is 143 Å². The summed E-state index contributed by atoms with van der Waals surface area (Å²) in [4.78, 5) is 0. The van der Waals surface area contributed by atoms with Gasteiger partial charge in [-0.3, -0.25) is 0 Å². The van der Waals surface area contributed by atoms with Crippen molar-refractivity contribution in [2.75, 3.05) is 33.7 Å². The highest BCUT2D eigenvalue weighted by atomic mass is 28.4. The van der Waals surface area contributed by atoms with Crippen molar-refractivity contribution < 1.29 is 23.7 Å². The summed E-state index contributed by atoms with van der Waals surface area (Å²) in [6.07, 6.45) is 2.00. The summed E-state index contributed by atoms with van der Waals surface area (Å²) in [7, 11) is -0.0937. The van der Waals surface area contributed by atoms with Crippen LogP contribution in [-0.2, 0) is 18.6 Å². The van der Waals surface area contributed by atoms with E-state index in [4.69, 9.17) is 18.6 Å². The lowest BCUT2D eigenvalue weighted by atomic mass is 10.1. The van der Waals surface area contributed by atoms with Gasteiger partial charge in [0.05, 0.1) is 19.3 Å². The number of methoxy groups -OCH3 is 1. The minimum absolute atomic E-state index is 0.123. The van der Waals surface area contributed by atoms with Gasteiger partial charge in [0.1, 0.15) is 12.9 Å². The van der Waals surface area contributed by atoms with Crippen molar-refractivity contribution in [1.82, 2.24) is 0 Å². The van der Waals surface area contributed by atoms with Crippen LogP contribution in [0, 0.1) is 0 Å². The molecule has 0 heterocycles. The Morgan fingerprint density at radius 3 is 2.35 bits per heavy atom. The Bertz CT molecular complexity index is 315. The van der Waals surface area contributed by atoms with Crippen molar-refractivity contribution in [1.29, 1.82) is 0 Å². The van der Waals surface area contributed by atoms with Crippen LogP contribution < -0.4 is 0 Å². The van der Waals surface area contributed by atoms with E-state index in [1.165, 1.54) is 0 Å². The van der Waals surface area contributed by atoms with Crippen molar-refractivity contribution in [3.63, 3.8) is 0 Å². The molecule has 0 aliphatic heterocycles. The molecule has 1 N–H and O–H groups in total. The van der Waals surface area contributed by atoms with Gasteiger partial charge in [-0.15, -0.1) is 6.58 Å². The van der Waals surface area contributed by atoms with E-state index in [0.29, 0.717) is 26.2 Å². The number of rotatable bonds is 13. The average molecular weight is 349 g/mol.